The van der Waals surface area contributed by atoms with Crippen molar-refractivity contribution in [2.75, 3.05) is 13.7 Å². The Labute approximate surface area is 156 Å². The largest absolute Gasteiger partial charge is 0.452 e. The summed E-state index contributed by atoms with van der Waals surface area (Å²) in [4.78, 5) is 23.9. The Balaban J connectivity index is 1.94. The Morgan fingerprint density at radius 1 is 1.15 bits per heavy atom. The number of hydrogen-bond acceptors (Lipinski definition) is 5. The first-order valence-corrected chi connectivity index (χ1v) is 9.47. The second-order valence-electron chi connectivity index (χ2n) is 5.65. The standard InChI is InChI=1S/C18H19FN2O5S/c1-12(13-6-8-15(19)9-7-13)21-17(22)11-26-18(23)14-4-3-5-16(10-14)27(24,25)20-2/h3-10,12,20H,11H2,1-2H3,(H,21,22)/t12-/m1/s1. The quantitative estimate of drug-likeness (QED) is 0.697. The van der Waals surface area contributed by atoms with Gasteiger partial charge in [0.25, 0.3) is 5.91 Å². The van der Waals surface area contributed by atoms with Crippen LogP contribution >= 0.6 is 0 Å². The van der Waals surface area contributed by atoms with E-state index in [0.29, 0.717) is 5.56 Å². The fourth-order valence-corrected chi connectivity index (χ4v) is 3.02. The molecule has 144 valence electrons. The molecular weight excluding hydrogens is 375 g/mol. The van der Waals surface area contributed by atoms with Crippen molar-refractivity contribution in [3.8, 4) is 0 Å². The topological polar surface area (TPSA) is 102 Å². The number of nitrogens with one attached hydrogen (secondary N) is 2. The zero-order valence-electron chi connectivity index (χ0n) is 14.7. The molecule has 2 rings (SSSR count). The SMILES string of the molecule is CNS(=O)(=O)c1cccc(C(=O)OCC(=O)N[C@H](C)c2ccc(F)cc2)c1. The first-order valence-electron chi connectivity index (χ1n) is 7.98. The van der Waals surface area contributed by atoms with E-state index in [9.17, 15) is 22.4 Å². The van der Waals surface area contributed by atoms with Gasteiger partial charge in [-0.2, -0.15) is 0 Å². The lowest BCUT2D eigenvalue weighted by Crippen LogP contribution is -2.31. The molecule has 27 heavy (non-hydrogen) atoms. The van der Waals surface area contributed by atoms with E-state index in [1.165, 1.54) is 37.4 Å². The molecule has 0 aliphatic rings. The third kappa shape index (κ3) is 5.60. The van der Waals surface area contributed by atoms with Gasteiger partial charge in [0.2, 0.25) is 10.0 Å². The molecule has 0 heterocycles. The van der Waals surface area contributed by atoms with Crippen LogP contribution in [0.25, 0.3) is 0 Å². The molecule has 1 atom stereocenters. The number of esters is 1. The number of halogens is 1. The number of sulfonamides is 1. The first kappa shape index (κ1) is 20.5. The Morgan fingerprint density at radius 3 is 2.44 bits per heavy atom. The van der Waals surface area contributed by atoms with Crippen LogP contribution in [0.4, 0.5) is 4.39 Å². The molecule has 0 bridgehead atoms. The van der Waals surface area contributed by atoms with Gasteiger partial charge >= 0.3 is 5.97 Å². The Kier molecular flexibility index (Phi) is 6.65. The number of hydrogen-bond donors (Lipinski definition) is 2. The van der Waals surface area contributed by atoms with Crippen LogP contribution in [0.2, 0.25) is 0 Å². The average Bonchev–Trinajstić information content (AvgIpc) is 2.66. The van der Waals surface area contributed by atoms with Gasteiger partial charge in [-0.1, -0.05) is 18.2 Å². The summed E-state index contributed by atoms with van der Waals surface area (Å²) in [6.45, 7) is 1.17. The molecule has 0 fully saturated rings. The van der Waals surface area contributed by atoms with Crippen molar-refractivity contribution in [1.82, 2.24) is 10.0 Å². The first-order chi connectivity index (χ1) is 12.7. The van der Waals surface area contributed by atoms with Crippen LogP contribution in [0.1, 0.15) is 28.9 Å². The number of carbonyl (C=O) groups is 2. The summed E-state index contributed by atoms with van der Waals surface area (Å²) in [6.07, 6.45) is 0. The van der Waals surface area contributed by atoms with E-state index in [0.717, 1.165) is 6.07 Å². The minimum atomic E-state index is -3.70. The fraction of sp³-hybridized carbons (Fsp3) is 0.222. The molecule has 1 amide bonds. The highest BCUT2D eigenvalue weighted by Crippen LogP contribution is 2.14. The van der Waals surface area contributed by atoms with Crippen LogP contribution in [0.5, 0.6) is 0 Å². The molecule has 2 aromatic rings. The summed E-state index contributed by atoms with van der Waals surface area (Å²) in [5.41, 5.74) is 0.701. The summed E-state index contributed by atoms with van der Waals surface area (Å²) in [6, 6.07) is 10.5. The fourth-order valence-electron chi connectivity index (χ4n) is 2.24. The highest BCUT2D eigenvalue weighted by atomic mass is 32.2. The molecule has 0 saturated carbocycles. The molecule has 9 heteroatoms. The summed E-state index contributed by atoms with van der Waals surface area (Å²) < 4.78 is 43.5. The predicted octanol–water partition coefficient (Wildman–Crippen LogP) is 1.77. The monoisotopic (exact) mass is 394 g/mol. The molecular formula is C18H19FN2O5S. The smallest absolute Gasteiger partial charge is 0.338 e. The zero-order chi connectivity index (χ0) is 20.0. The maximum Gasteiger partial charge on any atom is 0.338 e. The minimum Gasteiger partial charge on any atom is -0.452 e. The van der Waals surface area contributed by atoms with E-state index in [4.69, 9.17) is 4.74 Å². The van der Waals surface area contributed by atoms with Gasteiger partial charge in [0.05, 0.1) is 16.5 Å². The Hall–Kier alpha value is -2.78. The summed E-state index contributed by atoms with van der Waals surface area (Å²) in [7, 11) is -2.44. The van der Waals surface area contributed by atoms with Crippen LogP contribution in [0.3, 0.4) is 0 Å². The van der Waals surface area contributed by atoms with Gasteiger partial charge in [-0.15, -0.1) is 0 Å². The molecule has 0 spiro atoms. The molecule has 2 aromatic carbocycles. The van der Waals surface area contributed by atoms with Crippen LogP contribution in [-0.2, 0) is 19.6 Å². The van der Waals surface area contributed by atoms with Gasteiger partial charge in [0.1, 0.15) is 5.82 Å². The molecule has 0 saturated heterocycles. The van der Waals surface area contributed by atoms with E-state index in [1.807, 2.05) is 0 Å². The lowest BCUT2D eigenvalue weighted by atomic mass is 10.1. The average molecular weight is 394 g/mol. The number of amides is 1. The zero-order valence-corrected chi connectivity index (χ0v) is 15.5. The third-order valence-corrected chi connectivity index (χ3v) is 5.14. The second kappa shape index (κ2) is 8.74. The summed E-state index contributed by atoms with van der Waals surface area (Å²) in [5, 5.41) is 2.62. The minimum absolute atomic E-state index is 0.00529. The van der Waals surface area contributed by atoms with Gasteiger partial charge in [-0.25, -0.2) is 22.3 Å². The maximum absolute atomic E-state index is 12.9. The van der Waals surface area contributed by atoms with Crippen LogP contribution in [-0.4, -0.2) is 33.9 Å². The number of carbonyl (C=O) groups excluding carboxylic acids is 2. The van der Waals surface area contributed by atoms with Crippen molar-refractivity contribution in [3.05, 3.63) is 65.5 Å². The van der Waals surface area contributed by atoms with Gasteiger partial charge in [-0.05, 0) is 49.9 Å². The number of rotatable bonds is 7. The Morgan fingerprint density at radius 2 is 1.81 bits per heavy atom. The van der Waals surface area contributed by atoms with Crippen LogP contribution in [0.15, 0.2) is 53.4 Å². The highest BCUT2D eigenvalue weighted by molar-refractivity contribution is 7.89. The normalized spacial score (nSPS) is 12.3. The second-order valence-corrected chi connectivity index (χ2v) is 7.54. The summed E-state index contributed by atoms with van der Waals surface area (Å²) >= 11 is 0. The van der Waals surface area contributed by atoms with E-state index in [-0.39, 0.29) is 16.3 Å². The number of benzene rings is 2. The van der Waals surface area contributed by atoms with Crippen LogP contribution in [0, 0.1) is 5.82 Å². The van der Waals surface area contributed by atoms with Crippen molar-refractivity contribution in [2.24, 2.45) is 0 Å². The van der Waals surface area contributed by atoms with Crippen molar-refractivity contribution in [3.63, 3.8) is 0 Å². The molecule has 0 aliphatic heterocycles. The molecule has 0 aliphatic carbocycles. The van der Waals surface area contributed by atoms with E-state index < -0.39 is 34.5 Å². The molecule has 0 unspecified atom stereocenters. The van der Waals surface area contributed by atoms with Gasteiger partial charge in [0, 0.05) is 0 Å². The highest BCUT2D eigenvalue weighted by Gasteiger charge is 2.17. The molecule has 0 aromatic heterocycles. The van der Waals surface area contributed by atoms with E-state index in [2.05, 4.69) is 10.0 Å². The number of ether oxygens (including phenoxy) is 1. The Bertz CT molecular complexity index is 929. The lowest BCUT2D eigenvalue weighted by Gasteiger charge is -2.14. The molecule has 7 nitrogen and oxygen atoms in total. The van der Waals surface area contributed by atoms with Gasteiger partial charge in [0.15, 0.2) is 6.61 Å². The maximum atomic E-state index is 12.9. The third-order valence-electron chi connectivity index (χ3n) is 3.73. The van der Waals surface area contributed by atoms with Gasteiger partial charge in [-0.3, -0.25) is 4.79 Å². The van der Waals surface area contributed by atoms with Crippen molar-refractivity contribution < 1.29 is 27.1 Å². The van der Waals surface area contributed by atoms with E-state index >= 15 is 0 Å². The van der Waals surface area contributed by atoms with Gasteiger partial charge < -0.3 is 10.1 Å². The molecule has 0 radical (unpaired) electrons. The lowest BCUT2D eigenvalue weighted by molar-refractivity contribution is -0.124. The van der Waals surface area contributed by atoms with Crippen molar-refractivity contribution in [1.29, 1.82) is 0 Å². The molecule has 2 N–H and O–H groups in total. The van der Waals surface area contributed by atoms with Crippen LogP contribution < -0.4 is 10.0 Å². The van der Waals surface area contributed by atoms with E-state index in [1.54, 1.807) is 19.1 Å². The van der Waals surface area contributed by atoms with Crippen molar-refractivity contribution >= 4 is 21.9 Å². The predicted molar refractivity (Wildman–Crippen MR) is 95.9 cm³/mol. The van der Waals surface area contributed by atoms with Crippen molar-refractivity contribution in [2.45, 2.75) is 17.9 Å². The summed E-state index contributed by atoms with van der Waals surface area (Å²) in [5.74, 6) is -1.75.